The molecular formula is C18H30N4O2. The number of nitrogens with zero attached hydrogens (tertiary/aromatic N) is 2. The van der Waals surface area contributed by atoms with Crippen molar-refractivity contribution in [2.45, 2.75) is 44.2 Å². The molecule has 0 bridgehead atoms. The lowest BCUT2D eigenvalue weighted by molar-refractivity contribution is 0.0145. The number of nitrogens with two attached hydrogens (primary N) is 1. The van der Waals surface area contributed by atoms with E-state index in [0.29, 0.717) is 24.4 Å². The van der Waals surface area contributed by atoms with Gasteiger partial charge < -0.3 is 20.4 Å². The van der Waals surface area contributed by atoms with Gasteiger partial charge in [-0.25, -0.2) is 0 Å². The van der Waals surface area contributed by atoms with Gasteiger partial charge >= 0.3 is 0 Å². The average molecular weight is 334 g/mol. The molecule has 3 heterocycles. The lowest BCUT2D eigenvalue weighted by Gasteiger charge is -2.50. The van der Waals surface area contributed by atoms with Gasteiger partial charge in [-0.05, 0) is 65.0 Å². The van der Waals surface area contributed by atoms with Crippen LogP contribution in [0, 0.1) is 0 Å². The van der Waals surface area contributed by atoms with Crippen LogP contribution >= 0.6 is 0 Å². The monoisotopic (exact) mass is 334 g/mol. The largest absolute Gasteiger partial charge is 0.467 e. The summed E-state index contributed by atoms with van der Waals surface area (Å²) in [5.41, 5.74) is 6.22. The van der Waals surface area contributed by atoms with E-state index < -0.39 is 0 Å². The number of amides is 1. The van der Waals surface area contributed by atoms with Crippen LogP contribution in [0.3, 0.4) is 0 Å². The second-order valence-electron chi connectivity index (χ2n) is 7.26. The first kappa shape index (κ1) is 17.5. The highest BCUT2D eigenvalue weighted by Crippen LogP contribution is 2.31. The smallest absolute Gasteiger partial charge is 0.254 e. The normalized spacial score (nSPS) is 22.4. The highest BCUT2D eigenvalue weighted by Gasteiger charge is 2.39. The molecule has 0 saturated carbocycles. The third-order valence-electron chi connectivity index (χ3n) is 5.64. The molecule has 2 fully saturated rings. The van der Waals surface area contributed by atoms with E-state index in [1.807, 2.05) is 0 Å². The first-order valence-electron chi connectivity index (χ1n) is 9.12. The molecule has 2 saturated heterocycles. The van der Waals surface area contributed by atoms with Crippen molar-refractivity contribution < 1.29 is 9.21 Å². The highest BCUT2D eigenvalue weighted by atomic mass is 16.3. The van der Waals surface area contributed by atoms with Gasteiger partial charge in [0, 0.05) is 12.1 Å². The SMILES string of the molecule is CN1CCC(CNC(=O)c2coc(CN)c2)(N2CCCCC2)CC1. The molecule has 6 heteroatoms. The van der Waals surface area contributed by atoms with Gasteiger partial charge in [-0.1, -0.05) is 6.42 Å². The molecule has 0 radical (unpaired) electrons. The third-order valence-corrected chi connectivity index (χ3v) is 5.64. The zero-order chi connectivity index (χ0) is 17.0. The van der Waals surface area contributed by atoms with Crippen molar-refractivity contribution in [2.24, 2.45) is 5.73 Å². The molecule has 3 rings (SSSR count). The number of likely N-dealkylation sites (tertiary alicyclic amines) is 2. The molecule has 3 N–H and O–H groups in total. The number of rotatable bonds is 5. The van der Waals surface area contributed by atoms with E-state index >= 15 is 0 Å². The van der Waals surface area contributed by atoms with E-state index in [2.05, 4.69) is 22.2 Å². The highest BCUT2D eigenvalue weighted by molar-refractivity contribution is 5.94. The Morgan fingerprint density at radius 3 is 2.58 bits per heavy atom. The van der Waals surface area contributed by atoms with Gasteiger partial charge in [0.15, 0.2) is 0 Å². The number of hydrogen-bond acceptors (Lipinski definition) is 5. The topological polar surface area (TPSA) is 74.7 Å². The number of piperidine rings is 2. The van der Waals surface area contributed by atoms with Gasteiger partial charge in [0.05, 0.1) is 12.1 Å². The van der Waals surface area contributed by atoms with E-state index in [-0.39, 0.29) is 11.4 Å². The summed E-state index contributed by atoms with van der Waals surface area (Å²) >= 11 is 0. The quantitative estimate of drug-likeness (QED) is 0.852. The zero-order valence-corrected chi connectivity index (χ0v) is 14.7. The Bertz CT molecular complexity index is 543. The maximum Gasteiger partial charge on any atom is 0.254 e. The standard InChI is InChI=1S/C18H30N4O2/c1-21-9-5-18(6-10-21,22-7-3-2-4-8-22)14-20-17(23)15-11-16(12-19)24-13-15/h11,13H,2-10,12,14,19H2,1H3,(H,20,23). The van der Waals surface area contributed by atoms with Crippen molar-refractivity contribution in [2.75, 3.05) is 39.8 Å². The van der Waals surface area contributed by atoms with Crippen LogP contribution < -0.4 is 11.1 Å². The minimum absolute atomic E-state index is 0.0613. The summed E-state index contributed by atoms with van der Waals surface area (Å²) in [7, 11) is 2.18. The van der Waals surface area contributed by atoms with Crippen LogP contribution in [0.25, 0.3) is 0 Å². The lowest BCUT2D eigenvalue weighted by Crippen LogP contribution is -2.61. The number of nitrogens with one attached hydrogen (secondary N) is 1. The summed E-state index contributed by atoms with van der Waals surface area (Å²) in [6.07, 6.45) is 7.60. The zero-order valence-electron chi connectivity index (χ0n) is 14.7. The molecule has 0 unspecified atom stereocenters. The average Bonchev–Trinajstić information content (AvgIpc) is 3.11. The van der Waals surface area contributed by atoms with Crippen molar-refractivity contribution >= 4 is 5.91 Å². The fourth-order valence-electron chi connectivity index (χ4n) is 3.96. The Labute approximate surface area is 144 Å². The maximum atomic E-state index is 12.5. The van der Waals surface area contributed by atoms with Crippen molar-refractivity contribution in [3.63, 3.8) is 0 Å². The third kappa shape index (κ3) is 3.82. The molecule has 2 aliphatic rings. The van der Waals surface area contributed by atoms with Gasteiger partial charge in [0.2, 0.25) is 0 Å². The summed E-state index contributed by atoms with van der Waals surface area (Å²) in [5.74, 6) is 0.582. The molecule has 1 amide bonds. The van der Waals surface area contributed by atoms with Crippen molar-refractivity contribution in [3.05, 3.63) is 23.7 Å². The van der Waals surface area contributed by atoms with E-state index in [4.69, 9.17) is 10.2 Å². The Balaban J connectivity index is 1.66. The number of furan rings is 1. The first-order chi connectivity index (χ1) is 11.6. The minimum atomic E-state index is -0.0613. The Kier molecular flexibility index (Phi) is 5.58. The molecule has 2 aliphatic heterocycles. The van der Waals surface area contributed by atoms with Gasteiger partial charge in [-0.2, -0.15) is 0 Å². The number of carbonyl (C=O) groups excluding carboxylic acids is 1. The fraction of sp³-hybridized carbons (Fsp3) is 0.722. The first-order valence-corrected chi connectivity index (χ1v) is 9.12. The molecular weight excluding hydrogens is 304 g/mol. The van der Waals surface area contributed by atoms with Crippen molar-refractivity contribution in [1.29, 1.82) is 0 Å². The van der Waals surface area contributed by atoms with Crippen LogP contribution in [-0.4, -0.2) is 61.0 Å². The summed E-state index contributed by atoms with van der Waals surface area (Å²) < 4.78 is 5.28. The van der Waals surface area contributed by atoms with E-state index in [1.54, 1.807) is 6.07 Å². The molecule has 134 valence electrons. The Morgan fingerprint density at radius 2 is 1.96 bits per heavy atom. The van der Waals surface area contributed by atoms with Crippen LogP contribution in [0.15, 0.2) is 16.7 Å². The lowest BCUT2D eigenvalue weighted by atomic mass is 9.84. The molecule has 24 heavy (non-hydrogen) atoms. The van der Waals surface area contributed by atoms with Crippen molar-refractivity contribution in [3.8, 4) is 0 Å². The molecule has 0 aromatic carbocycles. The molecule has 0 spiro atoms. The second kappa shape index (κ2) is 7.68. The summed E-state index contributed by atoms with van der Waals surface area (Å²) in [5, 5.41) is 3.16. The molecule has 1 aromatic rings. The van der Waals surface area contributed by atoms with E-state index in [1.165, 1.54) is 25.5 Å². The van der Waals surface area contributed by atoms with Crippen LogP contribution in [0.2, 0.25) is 0 Å². The van der Waals surface area contributed by atoms with Crippen LogP contribution in [0.4, 0.5) is 0 Å². The Hall–Kier alpha value is -1.37. The van der Waals surface area contributed by atoms with Gasteiger partial charge in [0.25, 0.3) is 5.91 Å². The maximum absolute atomic E-state index is 12.5. The summed E-state index contributed by atoms with van der Waals surface area (Å²) in [4.78, 5) is 17.5. The molecule has 1 aromatic heterocycles. The molecule has 0 aliphatic carbocycles. The van der Waals surface area contributed by atoms with Crippen LogP contribution in [0.1, 0.15) is 48.2 Å². The number of hydrogen-bond donors (Lipinski definition) is 2. The molecule has 0 atom stereocenters. The summed E-state index contributed by atoms with van der Waals surface area (Å²) in [6.45, 7) is 5.52. The van der Waals surface area contributed by atoms with Crippen molar-refractivity contribution in [1.82, 2.24) is 15.1 Å². The van der Waals surface area contributed by atoms with Gasteiger partial charge in [-0.3, -0.25) is 9.69 Å². The van der Waals surface area contributed by atoms with Gasteiger partial charge in [-0.15, -0.1) is 0 Å². The number of carbonyl (C=O) groups is 1. The van der Waals surface area contributed by atoms with Crippen LogP contribution in [0.5, 0.6) is 0 Å². The van der Waals surface area contributed by atoms with E-state index in [0.717, 1.165) is 39.0 Å². The van der Waals surface area contributed by atoms with Gasteiger partial charge in [0.1, 0.15) is 12.0 Å². The predicted octanol–water partition coefficient (Wildman–Crippen LogP) is 1.42. The van der Waals surface area contributed by atoms with Crippen LogP contribution in [-0.2, 0) is 6.54 Å². The second-order valence-corrected chi connectivity index (χ2v) is 7.26. The van der Waals surface area contributed by atoms with E-state index in [9.17, 15) is 4.79 Å². The Morgan fingerprint density at radius 1 is 1.25 bits per heavy atom. The predicted molar refractivity (Wildman–Crippen MR) is 93.8 cm³/mol. The molecule has 6 nitrogen and oxygen atoms in total. The summed E-state index contributed by atoms with van der Waals surface area (Å²) in [6, 6.07) is 1.73. The fourth-order valence-corrected chi connectivity index (χ4v) is 3.96. The minimum Gasteiger partial charge on any atom is -0.467 e.